The quantitative estimate of drug-likeness (QED) is 0.0579. The summed E-state index contributed by atoms with van der Waals surface area (Å²) in [4.78, 5) is 12.0. The van der Waals surface area contributed by atoms with Crippen LogP contribution >= 0.6 is 45.3 Å². The third-order valence-corrected chi connectivity index (χ3v) is 17.3. The van der Waals surface area contributed by atoms with Crippen molar-refractivity contribution in [1.29, 1.82) is 0 Å². The molecule has 4 heteroatoms. The molecule has 4 aromatic heterocycles. The maximum atomic E-state index is 2.55. The summed E-state index contributed by atoms with van der Waals surface area (Å²) in [5.41, 5.74) is 13.0. The van der Waals surface area contributed by atoms with Gasteiger partial charge >= 0.3 is 0 Å². The first-order valence-corrected chi connectivity index (χ1v) is 28.0. The monoisotopic (exact) mass is 881 g/mol. The van der Waals surface area contributed by atoms with Crippen molar-refractivity contribution in [3.8, 4) is 0 Å². The van der Waals surface area contributed by atoms with Gasteiger partial charge in [0.05, 0.1) is 0 Å². The van der Waals surface area contributed by atoms with E-state index in [0.717, 1.165) is 0 Å². The normalized spacial score (nSPS) is 14.8. The molecule has 0 radical (unpaired) electrons. The molecule has 0 N–H and O–H groups in total. The predicted molar refractivity (Wildman–Crippen MR) is 282 cm³/mol. The van der Waals surface area contributed by atoms with Crippen LogP contribution in [0.1, 0.15) is 242 Å². The molecule has 0 amide bonds. The van der Waals surface area contributed by atoms with Crippen LogP contribution in [0.2, 0.25) is 0 Å². The number of fused-ring (bicyclic) bond motifs is 8. The number of hydrogen-bond donors (Lipinski definition) is 0. The van der Waals surface area contributed by atoms with Gasteiger partial charge in [0.25, 0.3) is 0 Å². The van der Waals surface area contributed by atoms with Crippen LogP contribution in [-0.2, 0) is 51.4 Å². The van der Waals surface area contributed by atoms with Crippen LogP contribution in [0.5, 0.6) is 0 Å². The molecule has 1 aliphatic rings. The molecule has 0 spiro atoms. The van der Waals surface area contributed by atoms with Crippen molar-refractivity contribution in [2.75, 3.05) is 0 Å². The molecule has 0 aliphatic carbocycles. The maximum Gasteiger partial charge on any atom is 0.0312 e. The van der Waals surface area contributed by atoms with E-state index in [0.29, 0.717) is 0 Å². The predicted octanol–water partition coefficient (Wildman–Crippen LogP) is 19.7. The first kappa shape index (κ1) is 48.8. The van der Waals surface area contributed by atoms with Crippen molar-refractivity contribution < 1.29 is 0 Å². The molecular weight excluding hydrogens is 801 g/mol. The molecule has 0 atom stereocenters. The number of unbranched alkanes of at least 4 members (excludes halogenated alkanes) is 8. The standard InChI is InChI=1S/C56H80S4/c1-9-17-25-41-42(26-18-10-2)50-35-36-52-45(29-21-13-5)46(30-22-14-6)54(59-52)39-40-56-48(32-24-16-8)47(31-23-15-7)55(60-56)38-37-53-44(28-20-12-4)43(27-19-11-3)51(58-53)34-33-49(41)57-50/h33-40H,9-32H2,1-8H3/b34-33-,36-35-,38-37-,40-39-,49-33?,50-35?,51-34?,52-36?,53-37?,54-39?,55-38?,56-40?. The van der Waals surface area contributed by atoms with E-state index in [4.69, 9.17) is 0 Å². The Morgan fingerprint density at radius 1 is 0.217 bits per heavy atom. The Bertz CT molecular complexity index is 1590. The Balaban J connectivity index is 1.83. The van der Waals surface area contributed by atoms with E-state index in [1.807, 2.05) is 0 Å². The van der Waals surface area contributed by atoms with Crippen molar-refractivity contribution in [2.24, 2.45) is 0 Å². The lowest BCUT2D eigenvalue weighted by atomic mass is 9.95. The van der Waals surface area contributed by atoms with Gasteiger partial charge in [-0.05, 0) is 196 Å². The smallest absolute Gasteiger partial charge is 0.0312 e. The first-order chi connectivity index (χ1) is 29.5. The third kappa shape index (κ3) is 12.9. The summed E-state index contributed by atoms with van der Waals surface area (Å²) in [5.74, 6) is 0. The van der Waals surface area contributed by atoms with Crippen molar-refractivity contribution in [3.05, 3.63) is 83.5 Å². The third-order valence-electron chi connectivity index (χ3n) is 12.5. The van der Waals surface area contributed by atoms with Gasteiger partial charge in [-0.2, -0.15) is 0 Å². The molecule has 0 saturated heterocycles. The molecule has 60 heavy (non-hydrogen) atoms. The van der Waals surface area contributed by atoms with Crippen molar-refractivity contribution in [1.82, 2.24) is 0 Å². The average Bonchev–Trinajstić information content (AvgIpc) is 3.98. The molecule has 0 saturated carbocycles. The Kier molecular flexibility index (Phi) is 21.5. The van der Waals surface area contributed by atoms with Crippen molar-refractivity contribution in [2.45, 2.75) is 209 Å². The Morgan fingerprint density at radius 3 is 0.433 bits per heavy atom. The molecular formula is C56H80S4. The van der Waals surface area contributed by atoms with E-state index in [2.05, 4.69) is 149 Å². The van der Waals surface area contributed by atoms with Gasteiger partial charge < -0.3 is 0 Å². The van der Waals surface area contributed by atoms with Crippen LogP contribution in [0.3, 0.4) is 0 Å². The Morgan fingerprint density at radius 2 is 0.333 bits per heavy atom. The lowest BCUT2D eigenvalue weighted by Gasteiger charge is -2.08. The van der Waals surface area contributed by atoms with E-state index in [1.165, 1.54) is 193 Å². The van der Waals surface area contributed by atoms with Crippen LogP contribution < -0.4 is 0 Å². The van der Waals surface area contributed by atoms with Crippen LogP contribution in [0.4, 0.5) is 0 Å². The van der Waals surface area contributed by atoms with Gasteiger partial charge in [-0.3, -0.25) is 0 Å². The zero-order valence-electron chi connectivity index (χ0n) is 39.2. The van der Waals surface area contributed by atoms with Crippen LogP contribution in [-0.4, -0.2) is 0 Å². The molecule has 0 nitrogen and oxygen atoms in total. The summed E-state index contributed by atoms with van der Waals surface area (Å²) in [7, 11) is 0. The molecule has 0 fully saturated rings. The first-order valence-electron chi connectivity index (χ1n) is 24.8. The number of hydrogen-bond acceptors (Lipinski definition) is 4. The second kappa shape index (κ2) is 26.4. The highest BCUT2D eigenvalue weighted by atomic mass is 32.1. The molecule has 1 aliphatic heterocycles. The molecule has 8 bridgehead atoms. The minimum Gasteiger partial charge on any atom is -0.136 e. The second-order valence-electron chi connectivity index (χ2n) is 17.3. The molecule has 328 valence electrons. The highest BCUT2D eigenvalue weighted by molar-refractivity contribution is 7.16. The van der Waals surface area contributed by atoms with Gasteiger partial charge in [0.2, 0.25) is 0 Å². The summed E-state index contributed by atoms with van der Waals surface area (Å²) in [6.07, 6.45) is 49.8. The van der Waals surface area contributed by atoms with Gasteiger partial charge in [-0.15, -0.1) is 45.3 Å². The SMILES string of the molecule is CCCCc1c2sc(c1CCCC)/C=C\c1sc(c(CCCC)c1CCCC)/C=C\c1sc(c(CCCC)c1CCCC)/C=C\c1sc(c(CCCC)c1CCCC)/C=C\2. The summed E-state index contributed by atoms with van der Waals surface area (Å²) in [6.45, 7) is 18.9. The minimum absolute atomic E-state index is 1.18. The maximum absolute atomic E-state index is 2.55. The van der Waals surface area contributed by atoms with Gasteiger partial charge in [0.1, 0.15) is 0 Å². The van der Waals surface area contributed by atoms with Gasteiger partial charge in [0.15, 0.2) is 0 Å². The van der Waals surface area contributed by atoms with Crippen LogP contribution in [0.25, 0.3) is 48.6 Å². The summed E-state index contributed by atoms with van der Waals surface area (Å²) < 4.78 is 0. The number of thiophene rings is 4. The number of rotatable bonds is 24. The molecule has 5 rings (SSSR count). The highest BCUT2D eigenvalue weighted by Gasteiger charge is 2.21. The summed E-state index contributed by atoms with van der Waals surface area (Å²) >= 11 is 8.28. The Labute approximate surface area is 384 Å². The van der Waals surface area contributed by atoms with E-state index in [1.54, 1.807) is 44.5 Å². The summed E-state index contributed by atoms with van der Waals surface area (Å²) in [5, 5.41) is 0. The minimum atomic E-state index is 1.18. The van der Waals surface area contributed by atoms with Crippen LogP contribution in [0, 0.1) is 0 Å². The largest absolute Gasteiger partial charge is 0.136 e. The lowest BCUT2D eigenvalue weighted by Crippen LogP contribution is -1.96. The fourth-order valence-corrected chi connectivity index (χ4v) is 13.7. The van der Waals surface area contributed by atoms with E-state index in [9.17, 15) is 0 Å². The van der Waals surface area contributed by atoms with E-state index in [-0.39, 0.29) is 0 Å². The summed E-state index contributed by atoms with van der Waals surface area (Å²) in [6, 6.07) is 0. The van der Waals surface area contributed by atoms with E-state index >= 15 is 0 Å². The lowest BCUT2D eigenvalue weighted by molar-refractivity contribution is 0.760. The molecule has 0 aromatic carbocycles. The molecule has 0 unspecified atom stereocenters. The van der Waals surface area contributed by atoms with Crippen molar-refractivity contribution >= 4 is 94.0 Å². The Hall–Kier alpha value is -2.24. The second-order valence-corrected chi connectivity index (χ2v) is 21.6. The fraction of sp³-hybridized carbons (Fsp3) is 0.571. The topological polar surface area (TPSA) is 0 Å². The van der Waals surface area contributed by atoms with Crippen molar-refractivity contribution in [3.63, 3.8) is 0 Å². The van der Waals surface area contributed by atoms with Gasteiger partial charge in [-0.25, -0.2) is 0 Å². The van der Waals surface area contributed by atoms with E-state index < -0.39 is 0 Å². The van der Waals surface area contributed by atoms with Crippen LogP contribution in [0.15, 0.2) is 0 Å². The van der Waals surface area contributed by atoms with Gasteiger partial charge in [-0.1, -0.05) is 107 Å². The zero-order valence-corrected chi connectivity index (χ0v) is 42.5. The fourth-order valence-electron chi connectivity index (χ4n) is 8.86. The average molecular weight is 882 g/mol. The molecule has 4 aromatic rings. The zero-order chi connectivity index (χ0) is 42.7. The van der Waals surface area contributed by atoms with Gasteiger partial charge in [0, 0.05) is 39.0 Å². The highest BCUT2D eigenvalue weighted by Crippen LogP contribution is 2.41. The molecule has 5 heterocycles.